The lowest BCUT2D eigenvalue weighted by atomic mass is 9.77. The van der Waals surface area contributed by atoms with Gasteiger partial charge in [0.25, 0.3) is 0 Å². The molecular weight excluding hydrogens is 388 g/mol. The summed E-state index contributed by atoms with van der Waals surface area (Å²) in [6.07, 6.45) is 6.59. The Morgan fingerprint density at radius 2 is 1.74 bits per heavy atom. The molecule has 1 N–H and O–H groups in total. The van der Waals surface area contributed by atoms with Crippen molar-refractivity contribution in [1.29, 1.82) is 5.26 Å². The third-order valence-electron chi connectivity index (χ3n) is 5.68. The van der Waals surface area contributed by atoms with Crippen LogP contribution < -0.4 is 5.32 Å². The number of nitriles is 1. The van der Waals surface area contributed by atoms with Crippen LogP contribution in [0.5, 0.6) is 0 Å². The standard InChI is InChI=1S/C24H20N6O/c25-16-24(7-10-26-11-8-24)23-12-18(6-9-28-23)20-14-27-15-21(29-20)22-13-19(30-31-22)17-4-2-1-3-5-17/h1-6,9,12-15,26H,7-8,10-11H2. The minimum atomic E-state index is -0.568. The Balaban J connectivity index is 1.48. The molecule has 7 heteroatoms. The number of piperidine rings is 1. The molecular formula is C24H20N6O. The summed E-state index contributed by atoms with van der Waals surface area (Å²) in [5.41, 5.74) is 4.10. The summed E-state index contributed by atoms with van der Waals surface area (Å²) in [5.74, 6) is 0.550. The largest absolute Gasteiger partial charge is 0.354 e. The Hall–Kier alpha value is -3.89. The summed E-state index contributed by atoms with van der Waals surface area (Å²) in [6.45, 7) is 1.62. The molecule has 1 saturated heterocycles. The first-order valence-corrected chi connectivity index (χ1v) is 10.2. The normalized spacial score (nSPS) is 15.3. The van der Waals surface area contributed by atoms with E-state index in [0.717, 1.165) is 48.4 Å². The zero-order valence-corrected chi connectivity index (χ0v) is 16.8. The molecule has 0 bridgehead atoms. The van der Waals surface area contributed by atoms with E-state index in [1.807, 2.05) is 48.5 Å². The maximum Gasteiger partial charge on any atom is 0.187 e. The van der Waals surface area contributed by atoms with Crippen molar-refractivity contribution in [3.8, 4) is 40.0 Å². The quantitative estimate of drug-likeness (QED) is 0.544. The predicted molar refractivity (Wildman–Crippen MR) is 116 cm³/mol. The van der Waals surface area contributed by atoms with Gasteiger partial charge in [-0.2, -0.15) is 5.26 Å². The van der Waals surface area contributed by atoms with Gasteiger partial charge in [-0.15, -0.1) is 0 Å². The molecule has 5 rings (SSSR count). The van der Waals surface area contributed by atoms with Crippen LogP contribution in [0.15, 0.2) is 71.6 Å². The molecule has 0 radical (unpaired) electrons. The smallest absolute Gasteiger partial charge is 0.187 e. The maximum atomic E-state index is 9.88. The van der Waals surface area contributed by atoms with Crippen molar-refractivity contribution in [3.63, 3.8) is 0 Å². The number of aromatic nitrogens is 4. The highest BCUT2D eigenvalue weighted by Crippen LogP contribution is 2.33. The van der Waals surface area contributed by atoms with E-state index < -0.39 is 5.41 Å². The number of nitrogens with one attached hydrogen (secondary N) is 1. The van der Waals surface area contributed by atoms with E-state index >= 15 is 0 Å². The van der Waals surface area contributed by atoms with Gasteiger partial charge in [-0.1, -0.05) is 35.5 Å². The lowest BCUT2D eigenvalue weighted by molar-refractivity contribution is 0.375. The van der Waals surface area contributed by atoms with Gasteiger partial charge in [0.15, 0.2) is 5.76 Å². The van der Waals surface area contributed by atoms with Crippen LogP contribution in [0, 0.1) is 11.3 Å². The molecule has 1 aromatic carbocycles. The van der Waals surface area contributed by atoms with Crippen molar-refractivity contribution < 1.29 is 4.52 Å². The summed E-state index contributed by atoms with van der Waals surface area (Å²) in [4.78, 5) is 13.6. The van der Waals surface area contributed by atoms with Crippen molar-refractivity contribution in [2.45, 2.75) is 18.3 Å². The van der Waals surface area contributed by atoms with E-state index in [4.69, 9.17) is 9.51 Å². The number of rotatable bonds is 4. The average Bonchev–Trinajstić information content (AvgIpc) is 3.36. The van der Waals surface area contributed by atoms with E-state index in [0.29, 0.717) is 17.1 Å². The van der Waals surface area contributed by atoms with Gasteiger partial charge in [-0.25, -0.2) is 4.98 Å². The zero-order chi connectivity index (χ0) is 21.1. The molecule has 0 spiro atoms. The highest BCUT2D eigenvalue weighted by molar-refractivity contribution is 5.67. The third kappa shape index (κ3) is 3.69. The summed E-state index contributed by atoms with van der Waals surface area (Å²) in [5, 5.41) is 17.4. The molecule has 3 aromatic heterocycles. The van der Waals surface area contributed by atoms with Gasteiger partial charge in [0.2, 0.25) is 0 Å². The van der Waals surface area contributed by atoms with Crippen LogP contribution >= 0.6 is 0 Å². The minimum Gasteiger partial charge on any atom is -0.354 e. The Labute approximate surface area is 179 Å². The second-order valence-corrected chi connectivity index (χ2v) is 7.61. The fraction of sp³-hybridized carbons (Fsp3) is 0.208. The first-order valence-electron chi connectivity index (χ1n) is 10.2. The number of benzene rings is 1. The fourth-order valence-corrected chi connectivity index (χ4v) is 3.90. The molecule has 0 atom stereocenters. The van der Waals surface area contributed by atoms with Gasteiger partial charge in [-0.05, 0) is 38.1 Å². The lowest BCUT2D eigenvalue weighted by Crippen LogP contribution is -2.39. The second kappa shape index (κ2) is 8.09. The van der Waals surface area contributed by atoms with Gasteiger partial charge in [0.1, 0.15) is 16.8 Å². The topological polar surface area (TPSA) is 101 Å². The molecule has 1 aliphatic heterocycles. The van der Waals surface area contributed by atoms with Gasteiger partial charge in [0, 0.05) is 23.4 Å². The van der Waals surface area contributed by atoms with Crippen molar-refractivity contribution in [2.75, 3.05) is 13.1 Å². The van der Waals surface area contributed by atoms with E-state index in [-0.39, 0.29) is 0 Å². The van der Waals surface area contributed by atoms with E-state index in [2.05, 4.69) is 26.5 Å². The lowest BCUT2D eigenvalue weighted by Gasteiger charge is -2.30. The summed E-state index contributed by atoms with van der Waals surface area (Å²) in [6, 6.07) is 18.1. The molecule has 4 heterocycles. The molecule has 7 nitrogen and oxygen atoms in total. The molecule has 0 saturated carbocycles. The Morgan fingerprint density at radius 3 is 2.55 bits per heavy atom. The van der Waals surface area contributed by atoms with Crippen LogP contribution in [0.25, 0.3) is 34.0 Å². The summed E-state index contributed by atoms with van der Waals surface area (Å²) in [7, 11) is 0. The second-order valence-electron chi connectivity index (χ2n) is 7.61. The van der Waals surface area contributed by atoms with Gasteiger partial charge >= 0.3 is 0 Å². The van der Waals surface area contributed by atoms with E-state index in [9.17, 15) is 5.26 Å². The Morgan fingerprint density at radius 1 is 0.935 bits per heavy atom. The van der Waals surface area contributed by atoms with Crippen molar-refractivity contribution in [3.05, 3.63) is 72.8 Å². The molecule has 31 heavy (non-hydrogen) atoms. The number of nitrogens with zero attached hydrogens (tertiary/aromatic N) is 5. The van der Waals surface area contributed by atoms with Crippen LogP contribution in [-0.2, 0) is 5.41 Å². The van der Waals surface area contributed by atoms with E-state index in [1.54, 1.807) is 18.6 Å². The van der Waals surface area contributed by atoms with Crippen molar-refractivity contribution in [2.24, 2.45) is 0 Å². The minimum absolute atomic E-state index is 0.550. The Kier molecular flexibility index (Phi) is 4.98. The molecule has 0 amide bonds. The molecule has 0 aliphatic carbocycles. The molecule has 1 aliphatic rings. The van der Waals surface area contributed by atoms with Crippen LogP contribution in [-0.4, -0.2) is 33.2 Å². The van der Waals surface area contributed by atoms with Crippen molar-refractivity contribution >= 4 is 0 Å². The Bertz CT molecular complexity index is 1240. The number of hydrogen-bond acceptors (Lipinski definition) is 7. The molecule has 4 aromatic rings. The number of pyridine rings is 1. The monoisotopic (exact) mass is 408 g/mol. The highest BCUT2D eigenvalue weighted by atomic mass is 16.5. The fourth-order valence-electron chi connectivity index (χ4n) is 3.90. The first-order chi connectivity index (χ1) is 15.3. The van der Waals surface area contributed by atoms with Crippen LogP contribution in [0.2, 0.25) is 0 Å². The molecule has 0 unspecified atom stereocenters. The summed E-state index contributed by atoms with van der Waals surface area (Å²) >= 11 is 0. The predicted octanol–water partition coefficient (Wildman–Crippen LogP) is 4.01. The van der Waals surface area contributed by atoms with Gasteiger partial charge < -0.3 is 9.84 Å². The van der Waals surface area contributed by atoms with Crippen molar-refractivity contribution in [1.82, 2.24) is 25.4 Å². The third-order valence-corrected chi connectivity index (χ3v) is 5.68. The van der Waals surface area contributed by atoms with E-state index in [1.165, 1.54) is 0 Å². The SMILES string of the molecule is N#CC1(c2cc(-c3cncc(-c4cc(-c5ccccc5)no4)n3)ccn2)CCNCC1. The highest BCUT2D eigenvalue weighted by Gasteiger charge is 2.35. The van der Waals surface area contributed by atoms with Crippen LogP contribution in [0.1, 0.15) is 18.5 Å². The van der Waals surface area contributed by atoms with Crippen LogP contribution in [0.3, 0.4) is 0 Å². The molecule has 152 valence electrons. The maximum absolute atomic E-state index is 9.88. The van der Waals surface area contributed by atoms with Gasteiger partial charge in [-0.3, -0.25) is 9.97 Å². The zero-order valence-electron chi connectivity index (χ0n) is 16.8. The van der Waals surface area contributed by atoms with Gasteiger partial charge in [0.05, 0.1) is 29.9 Å². The van der Waals surface area contributed by atoms with Crippen LogP contribution in [0.4, 0.5) is 0 Å². The average molecular weight is 408 g/mol. The summed E-state index contributed by atoms with van der Waals surface area (Å²) < 4.78 is 5.53. The molecule has 1 fully saturated rings. The number of hydrogen-bond donors (Lipinski definition) is 1. The first kappa shape index (κ1) is 19.1.